The highest BCUT2D eigenvalue weighted by Crippen LogP contribution is 2.54. The molecule has 0 aliphatic carbocycles. The fraction of sp³-hybridized carbons (Fsp3) is 0.600. The molecule has 0 aromatic rings. The number of rotatable bonds is 7. The fourth-order valence-electron chi connectivity index (χ4n) is 1.04. The van der Waals surface area contributed by atoms with Crippen LogP contribution in [-0.4, -0.2) is 36.0 Å². The van der Waals surface area contributed by atoms with Gasteiger partial charge in [-0.05, 0) is 6.08 Å². The molecule has 118 valence electrons. The van der Waals surface area contributed by atoms with Crippen molar-refractivity contribution in [2.75, 3.05) is 0 Å². The molecule has 0 aliphatic heterocycles. The Morgan fingerprint density at radius 2 is 1.15 bits per heavy atom. The zero-order valence-corrected chi connectivity index (χ0v) is 9.50. The first-order chi connectivity index (χ1) is 8.70. The highest BCUT2D eigenvalue weighted by Gasteiger charge is 2.82. The van der Waals surface area contributed by atoms with Crippen molar-refractivity contribution in [1.29, 1.82) is 0 Å². The van der Waals surface area contributed by atoms with Crippen LogP contribution < -0.4 is 0 Å². The molecule has 0 rings (SSSR count). The molecule has 0 fully saturated rings. The summed E-state index contributed by atoms with van der Waals surface area (Å²) >= 11 is 0. The Labute approximate surface area is 106 Å². The van der Waals surface area contributed by atoms with Gasteiger partial charge < -0.3 is 0 Å². The van der Waals surface area contributed by atoms with Crippen molar-refractivity contribution in [3.63, 3.8) is 0 Å². The van der Waals surface area contributed by atoms with E-state index >= 15 is 0 Å². The van der Waals surface area contributed by atoms with E-state index in [1.807, 2.05) is 0 Å². The first-order valence-corrected chi connectivity index (χ1v) is 4.76. The van der Waals surface area contributed by atoms with E-state index in [9.17, 15) is 43.9 Å². The Balaban J connectivity index is 5.83. The van der Waals surface area contributed by atoms with Gasteiger partial charge >= 0.3 is 23.7 Å². The second-order valence-electron chi connectivity index (χ2n) is 3.68. The first kappa shape index (κ1) is 18.8. The maximum Gasteiger partial charge on any atom is 0.382 e. The SMILES string of the molecule is C=CC(F)C(F)C(F)(F)C(F)(F)C(F)(F)C(F)(F)C=C. The van der Waals surface area contributed by atoms with Crippen molar-refractivity contribution in [3.05, 3.63) is 25.3 Å². The summed E-state index contributed by atoms with van der Waals surface area (Å²) in [5, 5.41) is 0. The van der Waals surface area contributed by atoms with E-state index in [0.29, 0.717) is 0 Å². The van der Waals surface area contributed by atoms with E-state index in [1.54, 1.807) is 0 Å². The summed E-state index contributed by atoms with van der Waals surface area (Å²) in [6.07, 6.45) is -9.13. The minimum atomic E-state index is -6.87. The van der Waals surface area contributed by atoms with Crippen LogP contribution in [0.15, 0.2) is 25.3 Å². The van der Waals surface area contributed by atoms with Gasteiger partial charge in [0.25, 0.3) is 0 Å². The Morgan fingerprint density at radius 1 is 0.750 bits per heavy atom. The second kappa shape index (κ2) is 5.28. The lowest BCUT2D eigenvalue weighted by atomic mass is 9.94. The zero-order chi connectivity index (χ0) is 16.6. The van der Waals surface area contributed by atoms with Crippen LogP contribution in [0.5, 0.6) is 0 Å². The third-order valence-corrected chi connectivity index (χ3v) is 2.34. The van der Waals surface area contributed by atoms with Crippen LogP contribution in [0.1, 0.15) is 0 Å². The number of allylic oxidation sites excluding steroid dienone is 2. The molecule has 0 nitrogen and oxygen atoms in total. The largest absolute Gasteiger partial charge is 0.382 e. The lowest BCUT2D eigenvalue weighted by Gasteiger charge is -2.37. The van der Waals surface area contributed by atoms with Gasteiger partial charge in [0.1, 0.15) is 0 Å². The number of halogens is 10. The van der Waals surface area contributed by atoms with Gasteiger partial charge in [0.05, 0.1) is 0 Å². The van der Waals surface area contributed by atoms with Gasteiger partial charge in [-0.25, -0.2) is 8.78 Å². The van der Waals surface area contributed by atoms with E-state index in [1.165, 1.54) is 0 Å². The van der Waals surface area contributed by atoms with E-state index < -0.39 is 42.1 Å². The van der Waals surface area contributed by atoms with Crippen LogP contribution in [0.3, 0.4) is 0 Å². The van der Waals surface area contributed by atoms with Crippen LogP contribution in [-0.2, 0) is 0 Å². The average molecular weight is 318 g/mol. The maximum atomic E-state index is 12.9. The maximum absolute atomic E-state index is 12.9. The minimum Gasteiger partial charge on any atom is -0.239 e. The number of hydrogen-bond acceptors (Lipinski definition) is 0. The van der Waals surface area contributed by atoms with Crippen LogP contribution in [0.2, 0.25) is 0 Å². The lowest BCUT2D eigenvalue weighted by Crippen LogP contribution is -2.65. The van der Waals surface area contributed by atoms with Crippen LogP contribution in [0, 0.1) is 0 Å². The minimum absolute atomic E-state index is 0.196. The summed E-state index contributed by atoms with van der Waals surface area (Å²) in [6, 6.07) is 0. The summed E-state index contributed by atoms with van der Waals surface area (Å²) in [6.45, 7) is 4.56. The predicted octanol–water partition coefficient (Wildman–Crippen LogP) is 4.58. The molecular formula is C10H8F10. The molecule has 2 atom stereocenters. The lowest BCUT2D eigenvalue weighted by molar-refractivity contribution is -0.367. The molecular weight excluding hydrogens is 310 g/mol. The molecule has 0 bridgehead atoms. The molecule has 0 amide bonds. The molecule has 2 unspecified atom stereocenters. The van der Waals surface area contributed by atoms with E-state index in [4.69, 9.17) is 0 Å². The molecule has 10 heteroatoms. The molecule has 0 saturated carbocycles. The molecule has 0 aromatic carbocycles. The summed E-state index contributed by atoms with van der Waals surface area (Å²) in [5.74, 6) is -25.7. The van der Waals surface area contributed by atoms with Crippen molar-refractivity contribution < 1.29 is 43.9 Å². The fourth-order valence-corrected chi connectivity index (χ4v) is 1.04. The van der Waals surface area contributed by atoms with Crippen molar-refractivity contribution >= 4 is 0 Å². The van der Waals surface area contributed by atoms with Crippen molar-refractivity contribution in [1.82, 2.24) is 0 Å². The molecule has 0 radical (unpaired) electrons. The predicted molar refractivity (Wildman–Crippen MR) is 50.0 cm³/mol. The molecule has 0 aromatic heterocycles. The highest BCUT2D eigenvalue weighted by atomic mass is 19.4. The summed E-state index contributed by atoms with van der Waals surface area (Å²) in [5.41, 5.74) is 0. The van der Waals surface area contributed by atoms with Crippen molar-refractivity contribution in [3.8, 4) is 0 Å². The molecule has 0 spiro atoms. The highest BCUT2D eigenvalue weighted by molar-refractivity contribution is 5.12. The number of hydrogen-bond donors (Lipinski definition) is 0. The summed E-state index contributed by atoms with van der Waals surface area (Å²) in [7, 11) is 0. The molecule has 0 saturated heterocycles. The molecule has 0 aliphatic rings. The summed E-state index contributed by atoms with van der Waals surface area (Å²) < 4.78 is 128. The summed E-state index contributed by atoms with van der Waals surface area (Å²) in [4.78, 5) is 0. The standard InChI is InChI=1S/C10H8F10/c1-3-5(11)6(12)8(15,16)10(19,20)9(17,18)7(13,14)4-2/h3-6H,1-2H2. The van der Waals surface area contributed by atoms with Gasteiger partial charge in [-0.2, -0.15) is 35.1 Å². The topological polar surface area (TPSA) is 0 Å². The van der Waals surface area contributed by atoms with Crippen molar-refractivity contribution in [2.24, 2.45) is 0 Å². The molecule has 0 heterocycles. The van der Waals surface area contributed by atoms with Gasteiger partial charge in [0, 0.05) is 0 Å². The Kier molecular flexibility index (Phi) is 4.96. The van der Waals surface area contributed by atoms with Crippen LogP contribution in [0.4, 0.5) is 43.9 Å². The van der Waals surface area contributed by atoms with Crippen LogP contribution >= 0.6 is 0 Å². The molecule has 20 heavy (non-hydrogen) atoms. The van der Waals surface area contributed by atoms with Gasteiger partial charge in [-0.15, -0.1) is 6.58 Å². The Bertz CT molecular complexity index is 372. The molecule has 0 N–H and O–H groups in total. The zero-order valence-electron chi connectivity index (χ0n) is 9.50. The quantitative estimate of drug-likeness (QED) is 0.476. The van der Waals surface area contributed by atoms with Gasteiger partial charge in [0.2, 0.25) is 6.17 Å². The van der Waals surface area contributed by atoms with Gasteiger partial charge in [-0.1, -0.05) is 12.7 Å². The van der Waals surface area contributed by atoms with E-state index in [0.717, 1.165) is 0 Å². The Morgan fingerprint density at radius 3 is 1.45 bits per heavy atom. The van der Waals surface area contributed by atoms with E-state index in [-0.39, 0.29) is 6.08 Å². The van der Waals surface area contributed by atoms with Gasteiger partial charge in [-0.3, -0.25) is 0 Å². The third kappa shape index (κ3) is 2.51. The second-order valence-corrected chi connectivity index (χ2v) is 3.68. The number of alkyl halides is 10. The third-order valence-electron chi connectivity index (χ3n) is 2.34. The smallest absolute Gasteiger partial charge is 0.239 e. The first-order valence-electron chi connectivity index (χ1n) is 4.76. The van der Waals surface area contributed by atoms with Crippen LogP contribution in [0.25, 0.3) is 0 Å². The monoisotopic (exact) mass is 318 g/mol. The Hall–Kier alpha value is -1.22. The average Bonchev–Trinajstić information content (AvgIpc) is 2.35. The van der Waals surface area contributed by atoms with Gasteiger partial charge in [0.15, 0.2) is 6.17 Å². The van der Waals surface area contributed by atoms with Crippen molar-refractivity contribution in [2.45, 2.75) is 36.0 Å². The normalized spacial score (nSPS) is 17.5. The van der Waals surface area contributed by atoms with E-state index in [2.05, 4.69) is 13.2 Å².